The van der Waals surface area contributed by atoms with Crippen LogP contribution in [-0.4, -0.2) is 34.1 Å². The zero-order valence-electron chi connectivity index (χ0n) is 22.3. The first kappa shape index (κ1) is 30.9. The zero-order chi connectivity index (χ0) is 30.9. The van der Waals surface area contributed by atoms with Gasteiger partial charge in [0.25, 0.3) is 10.0 Å². The molecule has 13 heteroatoms. The summed E-state index contributed by atoms with van der Waals surface area (Å²) in [6.07, 6.45) is -8.87. The average molecular weight is 614 g/mol. The molecule has 1 heterocycles. The molecule has 0 radical (unpaired) electrons. The second-order valence-electron chi connectivity index (χ2n) is 9.51. The van der Waals surface area contributed by atoms with Gasteiger partial charge in [-0.3, -0.25) is 9.10 Å². The van der Waals surface area contributed by atoms with Crippen LogP contribution in [0.4, 0.5) is 32.0 Å². The number of methoxy groups -OCH3 is 1. The number of hydrogen-bond donors (Lipinski definition) is 0. The second kappa shape index (κ2) is 11.7. The van der Waals surface area contributed by atoms with Crippen molar-refractivity contribution in [3.63, 3.8) is 0 Å². The van der Waals surface area contributed by atoms with E-state index in [-0.39, 0.29) is 42.0 Å². The van der Waals surface area contributed by atoms with Crippen LogP contribution in [0.1, 0.15) is 42.0 Å². The molecule has 0 saturated heterocycles. The first-order valence-corrected chi connectivity index (χ1v) is 14.0. The minimum absolute atomic E-state index is 0.0209. The number of allylic oxidation sites excluding steroid dienone is 1. The first-order valence-electron chi connectivity index (χ1n) is 12.5. The number of nitrogens with zero attached hydrogens (tertiary/aromatic N) is 1. The number of hydrogen-bond acceptors (Lipinski definition) is 5. The summed E-state index contributed by atoms with van der Waals surface area (Å²) < 4.78 is 120. The molecule has 0 bridgehead atoms. The molecule has 1 unspecified atom stereocenters. The number of ether oxygens (including phenoxy) is 2. The van der Waals surface area contributed by atoms with Gasteiger partial charge in [0.2, 0.25) is 0 Å². The van der Waals surface area contributed by atoms with Crippen LogP contribution in [0.3, 0.4) is 0 Å². The SMILES string of the molecule is COC(=O)CCC1CN(S(=O)(=O)c2cccc(C(F)(F)F)c2)c2cc(/C=C(\C)c3ccccc3C(F)(F)F)ccc2O1. The van der Waals surface area contributed by atoms with E-state index >= 15 is 0 Å². The standard InChI is InChI=1S/C29H25F6NO5S/c1-18(23-8-3-4-9-24(23)29(33,34)35)14-19-10-12-26-25(15-19)36(17-21(41-26)11-13-27(37)40-2)42(38,39)22-7-5-6-20(16-22)28(30,31)32/h3-10,12,14-16,21H,11,13,17H2,1-2H3/b18-14+. The van der Waals surface area contributed by atoms with E-state index in [1.54, 1.807) is 0 Å². The highest BCUT2D eigenvalue weighted by molar-refractivity contribution is 7.92. The third-order valence-electron chi connectivity index (χ3n) is 6.60. The van der Waals surface area contributed by atoms with Crippen LogP contribution in [0.15, 0.2) is 71.6 Å². The number of carbonyl (C=O) groups excluding carboxylic acids is 1. The molecule has 0 aliphatic carbocycles. The third-order valence-corrected chi connectivity index (χ3v) is 8.38. The Morgan fingerprint density at radius 2 is 1.71 bits per heavy atom. The number of anilines is 1. The fourth-order valence-electron chi connectivity index (χ4n) is 4.54. The molecule has 6 nitrogen and oxygen atoms in total. The molecule has 3 aromatic carbocycles. The lowest BCUT2D eigenvalue weighted by Crippen LogP contribution is -2.43. The van der Waals surface area contributed by atoms with Gasteiger partial charge in [-0.2, -0.15) is 26.3 Å². The molecule has 3 aromatic rings. The third kappa shape index (κ3) is 6.72. The smallest absolute Gasteiger partial charge is 0.416 e. The first-order chi connectivity index (χ1) is 19.6. The van der Waals surface area contributed by atoms with Gasteiger partial charge >= 0.3 is 18.3 Å². The van der Waals surface area contributed by atoms with Crippen molar-refractivity contribution in [1.29, 1.82) is 0 Å². The molecule has 0 fully saturated rings. The van der Waals surface area contributed by atoms with Gasteiger partial charge in [0.05, 0.1) is 35.4 Å². The Morgan fingerprint density at radius 1 is 1.00 bits per heavy atom. The van der Waals surface area contributed by atoms with Crippen molar-refractivity contribution in [3.05, 3.63) is 89.0 Å². The molecule has 0 aromatic heterocycles. The lowest BCUT2D eigenvalue weighted by atomic mass is 9.98. The number of rotatable bonds is 7. The highest BCUT2D eigenvalue weighted by atomic mass is 32.2. The second-order valence-corrected chi connectivity index (χ2v) is 11.4. The van der Waals surface area contributed by atoms with E-state index in [1.165, 1.54) is 56.5 Å². The molecule has 1 atom stereocenters. The van der Waals surface area contributed by atoms with Gasteiger partial charge < -0.3 is 9.47 Å². The van der Waals surface area contributed by atoms with E-state index in [9.17, 15) is 39.6 Å². The normalized spacial score (nSPS) is 16.0. The summed E-state index contributed by atoms with van der Waals surface area (Å²) in [4.78, 5) is 11.1. The van der Waals surface area contributed by atoms with Crippen LogP contribution in [0.5, 0.6) is 5.75 Å². The molecule has 1 aliphatic heterocycles. The Bertz CT molecular complexity index is 1620. The van der Waals surface area contributed by atoms with Crippen molar-refractivity contribution in [3.8, 4) is 5.75 Å². The number of sulfonamides is 1. The van der Waals surface area contributed by atoms with E-state index in [2.05, 4.69) is 4.74 Å². The van der Waals surface area contributed by atoms with E-state index in [4.69, 9.17) is 4.74 Å². The predicted octanol–water partition coefficient (Wildman–Crippen LogP) is 7.19. The van der Waals surface area contributed by atoms with Crippen molar-refractivity contribution in [2.45, 2.75) is 43.1 Å². The highest BCUT2D eigenvalue weighted by Crippen LogP contribution is 2.41. The van der Waals surface area contributed by atoms with Gasteiger partial charge in [0.1, 0.15) is 11.9 Å². The van der Waals surface area contributed by atoms with Crippen LogP contribution >= 0.6 is 0 Å². The fourth-order valence-corrected chi connectivity index (χ4v) is 6.08. The summed E-state index contributed by atoms with van der Waals surface area (Å²) in [6.45, 7) is 1.13. The maximum absolute atomic E-state index is 13.7. The molecule has 0 amide bonds. The predicted molar refractivity (Wildman–Crippen MR) is 143 cm³/mol. The quantitative estimate of drug-likeness (QED) is 0.160. The van der Waals surface area contributed by atoms with Crippen molar-refractivity contribution in [2.75, 3.05) is 18.0 Å². The van der Waals surface area contributed by atoms with Crippen LogP contribution in [0.25, 0.3) is 11.6 Å². The van der Waals surface area contributed by atoms with Crippen LogP contribution in [0.2, 0.25) is 0 Å². The van der Waals surface area contributed by atoms with E-state index in [1.807, 2.05) is 0 Å². The van der Waals surface area contributed by atoms with E-state index in [0.29, 0.717) is 11.6 Å². The monoisotopic (exact) mass is 613 g/mol. The average Bonchev–Trinajstić information content (AvgIpc) is 2.94. The number of carbonyl (C=O) groups is 1. The topological polar surface area (TPSA) is 72.9 Å². The molecular weight excluding hydrogens is 588 g/mol. The number of alkyl halides is 6. The van der Waals surface area contributed by atoms with Crippen molar-refractivity contribution < 1.29 is 49.0 Å². The Morgan fingerprint density at radius 3 is 2.38 bits per heavy atom. The highest BCUT2D eigenvalue weighted by Gasteiger charge is 2.37. The minimum Gasteiger partial charge on any atom is -0.486 e. The Labute approximate surface area is 238 Å². The van der Waals surface area contributed by atoms with Gasteiger partial charge in [-0.25, -0.2) is 8.42 Å². The molecule has 0 spiro atoms. The molecule has 224 valence electrons. The maximum atomic E-state index is 13.7. The summed E-state index contributed by atoms with van der Waals surface area (Å²) >= 11 is 0. The van der Waals surface area contributed by atoms with Gasteiger partial charge in [0, 0.05) is 6.42 Å². The Hall–Kier alpha value is -4.00. The Kier molecular flexibility index (Phi) is 8.63. The van der Waals surface area contributed by atoms with Crippen molar-refractivity contribution >= 4 is 33.3 Å². The summed E-state index contributed by atoms with van der Waals surface area (Å²) in [6, 6.07) is 12.6. The van der Waals surface area contributed by atoms with Gasteiger partial charge in [0.15, 0.2) is 0 Å². The lowest BCUT2D eigenvalue weighted by Gasteiger charge is -2.35. The molecular formula is C29H25F6NO5S. The van der Waals surface area contributed by atoms with Gasteiger partial charge in [-0.15, -0.1) is 0 Å². The van der Waals surface area contributed by atoms with Gasteiger partial charge in [-0.1, -0.05) is 36.4 Å². The molecule has 1 aliphatic rings. The number of benzene rings is 3. The maximum Gasteiger partial charge on any atom is 0.416 e. The van der Waals surface area contributed by atoms with E-state index in [0.717, 1.165) is 28.6 Å². The molecule has 0 saturated carbocycles. The minimum atomic E-state index is -4.79. The van der Waals surface area contributed by atoms with Crippen molar-refractivity contribution in [2.24, 2.45) is 0 Å². The summed E-state index contributed by atoms with van der Waals surface area (Å²) in [5.74, 6) is -0.496. The number of fused-ring (bicyclic) bond motifs is 1. The summed E-state index contributed by atoms with van der Waals surface area (Å²) in [5.41, 5.74) is -1.54. The largest absolute Gasteiger partial charge is 0.486 e. The lowest BCUT2D eigenvalue weighted by molar-refractivity contribution is -0.141. The summed E-state index contributed by atoms with van der Waals surface area (Å²) in [5, 5.41) is 0. The zero-order valence-corrected chi connectivity index (χ0v) is 23.1. The molecule has 42 heavy (non-hydrogen) atoms. The van der Waals surface area contributed by atoms with Crippen molar-refractivity contribution in [1.82, 2.24) is 0 Å². The Balaban J connectivity index is 1.79. The van der Waals surface area contributed by atoms with Crippen LogP contribution < -0.4 is 9.04 Å². The van der Waals surface area contributed by atoms with E-state index < -0.39 is 50.5 Å². The van der Waals surface area contributed by atoms with Crippen LogP contribution in [0, 0.1) is 0 Å². The summed E-state index contributed by atoms with van der Waals surface area (Å²) in [7, 11) is -3.40. The molecule has 4 rings (SSSR count). The van der Waals surface area contributed by atoms with Crippen LogP contribution in [-0.2, 0) is 31.9 Å². The molecule has 0 N–H and O–H groups in total. The number of esters is 1. The number of halogens is 6. The van der Waals surface area contributed by atoms with Gasteiger partial charge in [-0.05, 0) is 66.4 Å². The fraction of sp³-hybridized carbons (Fsp3) is 0.276.